The molecular formula is C20H22ClF2N3O3S. The van der Waals surface area contributed by atoms with E-state index in [0.717, 1.165) is 28.1 Å². The molecule has 1 fully saturated rings. The molecule has 1 atom stereocenters. The number of nitrogens with zero attached hydrogens (tertiary/aromatic N) is 2. The normalized spacial score (nSPS) is 17.0. The molecule has 0 aliphatic carbocycles. The summed E-state index contributed by atoms with van der Waals surface area (Å²) in [4.78, 5) is 13.5. The summed E-state index contributed by atoms with van der Waals surface area (Å²) in [7, 11) is -4.31. The molecule has 2 aromatic carbocycles. The summed E-state index contributed by atoms with van der Waals surface area (Å²) in [5, 5.41) is 3.34. The lowest BCUT2D eigenvalue weighted by molar-refractivity contribution is -0.121. The summed E-state index contributed by atoms with van der Waals surface area (Å²) in [5.74, 6) is -2.50. The highest BCUT2D eigenvalue weighted by Crippen LogP contribution is 2.24. The molecule has 10 heteroatoms. The quantitative estimate of drug-likeness (QED) is 0.748. The Morgan fingerprint density at radius 3 is 2.30 bits per heavy atom. The molecule has 1 unspecified atom stereocenters. The minimum absolute atomic E-state index is 0.0178. The van der Waals surface area contributed by atoms with Gasteiger partial charge in [-0.15, -0.1) is 0 Å². The fraction of sp³-hybridized carbons (Fsp3) is 0.350. The van der Waals surface area contributed by atoms with Gasteiger partial charge in [0.05, 0.1) is 6.04 Å². The first-order chi connectivity index (χ1) is 14.1. The second-order valence-electron chi connectivity index (χ2n) is 7.12. The molecule has 0 radical (unpaired) electrons. The number of piperazine rings is 1. The van der Waals surface area contributed by atoms with Crippen LogP contribution in [0, 0.1) is 18.6 Å². The van der Waals surface area contributed by atoms with Gasteiger partial charge in [0.2, 0.25) is 15.9 Å². The van der Waals surface area contributed by atoms with E-state index in [1.54, 1.807) is 25.1 Å². The Labute approximate surface area is 179 Å². The molecule has 6 nitrogen and oxygen atoms in total. The number of halogens is 3. The van der Waals surface area contributed by atoms with E-state index in [1.807, 2.05) is 11.8 Å². The Balaban J connectivity index is 1.66. The molecular weight excluding hydrogens is 436 g/mol. The average molecular weight is 458 g/mol. The number of anilines is 1. The van der Waals surface area contributed by atoms with Crippen molar-refractivity contribution in [3.63, 3.8) is 0 Å². The first kappa shape index (κ1) is 22.6. The van der Waals surface area contributed by atoms with Crippen LogP contribution in [-0.4, -0.2) is 55.8 Å². The van der Waals surface area contributed by atoms with Gasteiger partial charge in [-0.25, -0.2) is 17.2 Å². The zero-order chi connectivity index (χ0) is 22.1. The van der Waals surface area contributed by atoms with E-state index < -0.39 is 32.6 Å². The summed E-state index contributed by atoms with van der Waals surface area (Å²) in [5.41, 5.74) is 1.47. The fourth-order valence-corrected chi connectivity index (χ4v) is 5.02. The number of rotatable bonds is 5. The van der Waals surface area contributed by atoms with Crippen LogP contribution in [0.4, 0.5) is 14.5 Å². The van der Waals surface area contributed by atoms with E-state index in [0.29, 0.717) is 10.7 Å². The number of carbonyl (C=O) groups excluding carboxylic acids is 1. The van der Waals surface area contributed by atoms with Crippen molar-refractivity contribution >= 4 is 33.2 Å². The highest BCUT2D eigenvalue weighted by molar-refractivity contribution is 7.89. The highest BCUT2D eigenvalue weighted by Gasteiger charge is 2.35. The van der Waals surface area contributed by atoms with Crippen LogP contribution in [0.2, 0.25) is 5.02 Å². The topological polar surface area (TPSA) is 69.7 Å². The lowest BCUT2D eigenvalue weighted by atomic mass is 10.1. The SMILES string of the molecule is Cc1ccc(Cl)cc1NC(=O)C(C)N1CCN(S(=O)(=O)c2c(F)cccc2F)CC1. The van der Waals surface area contributed by atoms with E-state index >= 15 is 0 Å². The summed E-state index contributed by atoms with van der Waals surface area (Å²) < 4.78 is 54.3. The fourth-order valence-electron chi connectivity index (χ4n) is 3.32. The maximum atomic E-state index is 14.0. The Kier molecular flexibility index (Phi) is 6.76. The van der Waals surface area contributed by atoms with Gasteiger partial charge in [-0.05, 0) is 43.7 Å². The number of benzene rings is 2. The van der Waals surface area contributed by atoms with Crippen molar-refractivity contribution in [2.75, 3.05) is 31.5 Å². The molecule has 162 valence electrons. The van der Waals surface area contributed by atoms with Gasteiger partial charge >= 0.3 is 0 Å². The number of carbonyl (C=O) groups is 1. The first-order valence-corrected chi connectivity index (χ1v) is 11.2. The predicted molar refractivity (Wildman–Crippen MR) is 111 cm³/mol. The van der Waals surface area contributed by atoms with Crippen LogP contribution in [0.3, 0.4) is 0 Å². The molecule has 1 saturated heterocycles. The molecule has 0 bridgehead atoms. The van der Waals surface area contributed by atoms with Crippen LogP contribution >= 0.6 is 11.6 Å². The van der Waals surface area contributed by atoms with Crippen molar-refractivity contribution in [3.05, 3.63) is 58.6 Å². The average Bonchev–Trinajstić information content (AvgIpc) is 2.70. The number of hydrogen-bond donors (Lipinski definition) is 1. The number of sulfonamides is 1. The van der Waals surface area contributed by atoms with Crippen molar-refractivity contribution in [2.24, 2.45) is 0 Å². The van der Waals surface area contributed by atoms with Crippen LogP contribution in [0.1, 0.15) is 12.5 Å². The van der Waals surface area contributed by atoms with Gasteiger partial charge in [0.25, 0.3) is 0 Å². The highest BCUT2D eigenvalue weighted by atomic mass is 35.5. The second kappa shape index (κ2) is 8.97. The zero-order valence-corrected chi connectivity index (χ0v) is 18.1. The number of nitrogens with one attached hydrogen (secondary N) is 1. The molecule has 3 rings (SSSR count). The number of hydrogen-bond acceptors (Lipinski definition) is 4. The maximum absolute atomic E-state index is 14.0. The molecule has 1 heterocycles. The lowest BCUT2D eigenvalue weighted by Crippen LogP contribution is -2.54. The summed E-state index contributed by atoms with van der Waals surface area (Å²) >= 11 is 5.98. The Morgan fingerprint density at radius 2 is 1.70 bits per heavy atom. The van der Waals surface area contributed by atoms with Gasteiger partial charge in [0, 0.05) is 36.9 Å². The summed E-state index contributed by atoms with van der Waals surface area (Å²) in [6.45, 7) is 4.10. The van der Waals surface area contributed by atoms with Gasteiger partial charge in [0.1, 0.15) is 11.6 Å². The minimum atomic E-state index is -4.31. The summed E-state index contributed by atoms with van der Waals surface area (Å²) in [6.07, 6.45) is 0. The van der Waals surface area contributed by atoms with Crippen LogP contribution in [0.25, 0.3) is 0 Å². The van der Waals surface area contributed by atoms with Crippen molar-refractivity contribution in [1.29, 1.82) is 0 Å². The molecule has 1 aliphatic heterocycles. The largest absolute Gasteiger partial charge is 0.324 e. The minimum Gasteiger partial charge on any atom is -0.324 e. The second-order valence-corrected chi connectivity index (χ2v) is 9.43. The standard InChI is InChI=1S/C20H22ClF2N3O3S/c1-13-6-7-15(21)12-18(13)24-20(27)14(2)25-8-10-26(11-9-25)30(28,29)19-16(22)4-3-5-17(19)23/h3-7,12,14H,8-11H2,1-2H3,(H,24,27). The molecule has 1 amide bonds. The molecule has 0 saturated carbocycles. The molecule has 2 aromatic rings. The summed E-state index contributed by atoms with van der Waals surface area (Å²) in [6, 6.07) is 7.60. The Morgan fingerprint density at radius 1 is 1.10 bits per heavy atom. The monoisotopic (exact) mass is 457 g/mol. The van der Waals surface area contributed by atoms with E-state index in [-0.39, 0.29) is 32.1 Å². The molecule has 1 N–H and O–H groups in total. The van der Waals surface area contributed by atoms with E-state index in [4.69, 9.17) is 11.6 Å². The first-order valence-electron chi connectivity index (χ1n) is 9.36. The third-order valence-corrected chi connectivity index (χ3v) is 7.36. The molecule has 0 spiro atoms. The molecule has 1 aliphatic rings. The van der Waals surface area contributed by atoms with Crippen LogP contribution < -0.4 is 5.32 Å². The smallest absolute Gasteiger partial charge is 0.249 e. The number of aryl methyl sites for hydroxylation is 1. The van der Waals surface area contributed by atoms with Crippen molar-refractivity contribution in [2.45, 2.75) is 24.8 Å². The Bertz CT molecular complexity index is 1040. The maximum Gasteiger partial charge on any atom is 0.249 e. The van der Waals surface area contributed by atoms with Crippen LogP contribution in [0.5, 0.6) is 0 Å². The third-order valence-electron chi connectivity index (χ3n) is 5.17. The van der Waals surface area contributed by atoms with Crippen molar-refractivity contribution in [1.82, 2.24) is 9.21 Å². The van der Waals surface area contributed by atoms with E-state index in [2.05, 4.69) is 5.32 Å². The van der Waals surface area contributed by atoms with Crippen LogP contribution in [-0.2, 0) is 14.8 Å². The van der Waals surface area contributed by atoms with Crippen molar-refractivity contribution in [3.8, 4) is 0 Å². The molecule has 30 heavy (non-hydrogen) atoms. The van der Waals surface area contributed by atoms with Crippen molar-refractivity contribution < 1.29 is 22.0 Å². The van der Waals surface area contributed by atoms with Gasteiger partial charge < -0.3 is 5.32 Å². The zero-order valence-electron chi connectivity index (χ0n) is 16.5. The van der Waals surface area contributed by atoms with Gasteiger partial charge in [0.15, 0.2) is 4.90 Å². The third kappa shape index (κ3) is 4.64. The predicted octanol–water partition coefficient (Wildman–Crippen LogP) is 3.26. The van der Waals surface area contributed by atoms with Gasteiger partial charge in [-0.3, -0.25) is 9.69 Å². The Hall–Kier alpha value is -2.07. The number of amides is 1. The van der Waals surface area contributed by atoms with Gasteiger partial charge in [-0.1, -0.05) is 23.7 Å². The van der Waals surface area contributed by atoms with Gasteiger partial charge in [-0.2, -0.15) is 4.31 Å². The van der Waals surface area contributed by atoms with E-state index in [1.165, 1.54) is 0 Å². The lowest BCUT2D eigenvalue weighted by Gasteiger charge is -2.36. The molecule has 0 aromatic heterocycles. The van der Waals surface area contributed by atoms with Crippen LogP contribution in [0.15, 0.2) is 41.3 Å². The van der Waals surface area contributed by atoms with E-state index in [9.17, 15) is 22.0 Å².